The van der Waals surface area contributed by atoms with E-state index in [2.05, 4.69) is 16.7 Å². The van der Waals surface area contributed by atoms with Crippen LogP contribution in [0.5, 0.6) is 0 Å². The van der Waals surface area contributed by atoms with Gasteiger partial charge in [-0.15, -0.1) is 11.8 Å². The van der Waals surface area contributed by atoms with Gasteiger partial charge >= 0.3 is 6.09 Å². The second-order valence-electron chi connectivity index (χ2n) is 10.1. The molecule has 0 spiro atoms. The quantitative estimate of drug-likeness (QED) is 0.232. The number of hydrogen-bond donors (Lipinski definition) is 1. The van der Waals surface area contributed by atoms with E-state index in [4.69, 9.17) is 4.74 Å². The normalized spacial score (nSPS) is 20.7. The monoisotopic (exact) mass is 515 g/mol. The number of rotatable bonds is 9. The molecule has 196 valence electrons. The van der Waals surface area contributed by atoms with Crippen molar-refractivity contribution in [2.45, 2.75) is 57.4 Å². The van der Waals surface area contributed by atoms with Crippen LogP contribution in [0.1, 0.15) is 45.6 Å². The number of amides is 2. The van der Waals surface area contributed by atoms with Crippen LogP contribution in [0.15, 0.2) is 46.0 Å². The summed E-state index contributed by atoms with van der Waals surface area (Å²) in [5.41, 5.74) is -0.116. The molecule has 1 unspecified atom stereocenters. The number of para-hydroxylation sites is 1. The Kier molecular flexibility index (Phi) is 8.97. The number of thioether (sulfide) groups is 1. The Morgan fingerprint density at radius 3 is 2.64 bits per heavy atom. The molecule has 9 nitrogen and oxygen atoms in total. The topological polar surface area (TPSA) is 98.0 Å². The van der Waals surface area contributed by atoms with Crippen LogP contribution in [0.3, 0.4) is 0 Å². The predicted molar refractivity (Wildman–Crippen MR) is 146 cm³/mol. The van der Waals surface area contributed by atoms with E-state index in [-0.39, 0.29) is 25.6 Å². The highest BCUT2D eigenvalue weighted by molar-refractivity contribution is 7.98. The fraction of sp³-hybridized carbons (Fsp3) is 0.538. The van der Waals surface area contributed by atoms with Crippen molar-refractivity contribution in [3.8, 4) is 0 Å². The number of aliphatic imine (C=N–C) groups is 2. The van der Waals surface area contributed by atoms with Gasteiger partial charge < -0.3 is 9.84 Å². The Labute approximate surface area is 217 Å². The van der Waals surface area contributed by atoms with E-state index in [1.165, 1.54) is 0 Å². The lowest BCUT2D eigenvalue weighted by molar-refractivity contribution is -0.115. The van der Waals surface area contributed by atoms with Crippen LogP contribution in [0, 0.1) is 0 Å². The second-order valence-corrected chi connectivity index (χ2v) is 10.9. The molecule has 1 fully saturated rings. The van der Waals surface area contributed by atoms with Crippen LogP contribution >= 0.6 is 11.8 Å². The number of benzene rings is 1. The van der Waals surface area contributed by atoms with Crippen molar-refractivity contribution >= 4 is 42.5 Å². The van der Waals surface area contributed by atoms with Gasteiger partial charge in [-0.1, -0.05) is 18.2 Å². The summed E-state index contributed by atoms with van der Waals surface area (Å²) in [6, 6.07) is 7.43. The molecule has 1 atom stereocenters. The first kappa shape index (κ1) is 27.9. The van der Waals surface area contributed by atoms with Gasteiger partial charge in [0.15, 0.2) is 0 Å². The highest BCUT2D eigenvalue weighted by Gasteiger charge is 2.43. The summed E-state index contributed by atoms with van der Waals surface area (Å²) in [5.74, 6) is 1.03. The van der Waals surface area contributed by atoms with Crippen LogP contribution in [0.2, 0.25) is 0 Å². The fourth-order valence-electron chi connectivity index (χ4n) is 4.28. The third kappa shape index (κ3) is 6.35. The number of amidine groups is 1. The molecule has 1 aromatic rings. The third-order valence-corrected chi connectivity index (χ3v) is 6.53. The molecular weight excluding hydrogens is 478 g/mol. The lowest BCUT2D eigenvalue weighted by atomic mass is 9.91. The first-order chi connectivity index (χ1) is 17.1. The van der Waals surface area contributed by atoms with E-state index in [1.807, 2.05) is 58.3 Å². The summed E-state index contributed by atoms with van der Waals surface area (Å²) in [5, 5.41) is 12.0. The molecule has 0 bridgehead atoms. The molecular formula is C26H37N5O4S. The molecule has 1 N–H and O–H groups in total. The summed E-state index contributed by atoms with van der Waals surface area (Å²) in [6.07, 6.45) is 6.04. The highest BCUT2D eigenvalue weighted by atomic mass is 32.2. The van der Waals surface area contributed by atoms with Gasteiger partial charge in [0.2, 0.25) is 6.41 Å². The number of carbonyl (C=O) groups is 2. The first-order valence-electron chi connectivity index (χ1n) is 12.0. The SMILES string of the molecule is C=N/C=C(CN(C)C1(O)CCN(C(=O)OC(C)(C)C)c2ccccc21)\C(=N/CSC)N(C=O)C1CC1. The number of likely N-dealkylation sites (N-methyl/N-ethyl adjacent to an activating group) is 1. The minimum Gasteiger partial charge on any atom is -0.443 e. The lowest BCUT2D eigenvalue weighted by Crippen LogP contribution is -2.53. The van der Waals surface area contributed by atoms with Crippen molar-refractivity contribution in [1.29, 1.82) is 0 Å². The standard InChI is InChI=1S/C26H37N5O4S/c1-25(2,3)35-24(33)30-14-13-26(34,21-9-7-8-10-22(21)30)29(5)16-19(15-27-4)23(28-17-36-6)31(18-32)20-11-12-20/h7-10,15,18,20,34H,4,11-14,16-17H2,1-3,5-6H3/b19-15-,28-23+. The Morgan fingerprint density at radius 2 is 2.06 bits per heavy atom. The van der Waals surface area contributed by atoms with E-state index in [9.17, 15) is 14.7 Å². The van der Waals surface area contributed by atoms with E-state index >= 15 is 0 Å². The average molecular weight is 516 g/mol. The maximum absolute atomic E-state index is 12.9. The summed E-state index contributed by atoms with van der Waals surface area (Å²) in [6.45, 7) is 9.63. The van der Waals surface area contributed by atoms with Crippen molar-refractivity contribution in [2.75, 3.05) is 37.2 Å². The third-order valence-electron chi connectivity index (χ3n) is 6.14. The van der Waals surface area contributed by atoms with E-state index < -0.39 is 17.4 Å². The number of nitrogens with zero attached hydrogens (tertiary/aromatic N) is 5. The molecule has 0 saturated heterocycles. The van der Waals surface area contributed by atoms with Crippen molar-refractivity contribution in [3.05, 3.63) is 41.6 Å². The van der Waals surface area contributed by atoms with Crippen molar-refractivity contribution < 1.29 is 19.4 Å². The van der Waals surface area contributed by atoms with Gasteiger partial charge in [0.05, 0.1) is 11.6 Å². The number of carbonyl (C=O) groups excluding carboxylic acids is 2. The van der Waals surface area contributed by atoms with Gasteiger partial charge in [-0.3, -0.25) is 29.5 Å². The molecule has 36 heavy (non-hydrogen) atoms. The van der Waals surface area contributed by atoms with Crippen molar-refractivity contribution in [2.24, 2.45) is 9.98 Å². The Bertz CT molecular complexity index is 1030. The number of ether oxygens (including phenoxy) is 1. The van der Waals surface area contributed by atoms with E-state index in [0.717, 1.165) is 19.3 Å². The van der Waals surface area contributed by atoms with E-state index in [1.54, 1.807) is 32.7 Å². The van der Waals surface area contributed by atoms with Gasteiger partial charge in [-0.2, -0.15) is 0 Å². The number of aliphatic hydroxyl groups is 1. The van der Waals surface area contributed by atoms with Crippen LogP contribution in [-0.4, -0.2) is 83.9 Å². The zero-order valence-electron chi connectivity index (χ0n) is 21.8. The second kappa shape index (κ2) is 11.6. The molecule has 0 aromatic heterocycles. The fourth-order valence-corrected chi connectivity index (χ4v) is 4.53. The molecule has 1 saturated carbocycles. The van der Waals surface area contributed by atoms with Crippen LogP contribution < -0.4 is 4.90 Å². The van der Waals surface area contributed by atoms with Crippen molar-refractivity contribution in [3.63, 3.8) is 0 Å². The highest BCUT2D eigenvalue weighted by Crippen LogP contribution is 2.41. The van der Waals surface area contributed by atoms with Crippen LogP contribution in [0.25, 0.3) is 0 Å². The largest absolute Gasteiger partial charge is 0.443 e. The van der Waals surface area contributed by atoms with Crippen molar-refractivity contribution in [1.82, 2.24) is 9.80 Å². The molecule has 10 heteroatoms. The lowest BCUT2D eigenvalue weighted by Gasteiger charge is -2.45. The van der Waals surface area contributed by atoms with Gasteiger partial charge in [0.1, 0.15) is 17.2 Å². The summed E-state index contributed by atoms with van der Waals surface area (Å²) < 4.78 is 5.60. The van der Waals surface area contributed by atoms with Crippen LogP contribution in [0.4, 0.5) is 10.5 Å². The molecule has 2 amide bonds. The summed E-state index contributed by atoms with van der Waals surface area (Å²) >= 11 is 1.55. The van der Waals surface area contributed by atoms with Gasteiger partial charge in [0, 0.05) is 42.9 Å². The van der Waals surface area contributed by atoms with Crippen LogP contribution in [-0.2, 0) is 15.3 Å². The maximum atomic E-state index is 12.9. The smallest absolute Gasteiger partial charge is 0.414 e. The maximum Gasteiger partial charge on any atom is 0.414 e. The van der Waals surface area contributed by atoms with E-state index in [0.29, 0.717) is 28.5 Å². The average Bonchev–Trinajstić information content (AvgIpc) is 3.66. The summed E-state index contributed by atoms with van der Waals surface area (Å²) in [7, 11) is 1.81. The number of fused-ring (bicyclic) bond motifs is 1. The van der Waals surface area contributed by atoms with Gasteiger partial charge in [-0.05, 0) is 59.7 Å². The molecule has 1 aliphatic carbocycles. The number of anilines is 1. The predicted octanol–water partition coefficient (Wildman–Crippen LogP) is 3.83. The molecule has 1 aliphatic heterocycles. The zero-order chi connectivity index (χ0) is 26.5. The summed E-state index contributed by atoms with van der Waals surface area (Å²) in [4.78, 5) is 38.6. The zero-order valence-corrected chi connectivity index (χ0v) is 22.6. The Morgan fingerprint density at radius 1 is 1.36 bits per heavy atom. The molecule has 1 heterocycles. The molecule has 1 aromatic carbocycles. The Balaban J connectivity index is 1.93. The molecule has 3 rings (SSSR count). The molecule has 0 radical (unpaired) electrons. The van der Waals surface area contributed by atoms with Gasteiger partial charge in [0.25, 0.3) is 0 Å². The number of hydrogen-bond acceptors (Lipinski definition) is 8. The first-order valence-corrected chi connectivity index (χ1v) is 13.4. The minimum absolute atomic E-state index is 0.127. The Hall–Kier alpha value is -2.69. The molecule has 2 aliphatic rings. The minimum atomic E-state index is -1.37. The van der Waals surface area contributed by atoms with Gasteiger partial charge in [-0.25, -0.2) is 4.79 Å².